The number of aryl methyl sites for hydroxylation is 2. The summed E-state index contributed by atoms with van der Waals surface area (Å²) < 4.78 is 34.1. The number of aliphatic carboxylic acids is 1. The Morgan fingerprint density at radius 2 is 2.00 bits per heavy atom. The monoisotopic (exact) mass is 508 g/mol. The van der Waals surface area contributed by atoms with Crippen molar-refractivity contribution in [3.05, 3.63) is 79.6 Å². The van der Waals surface area contributed by atoms with Crippen molar-refractivity contribution in [1.29, 1.82) is 0 Å². The first kappa shape index (κ1) is 23.3. The number of anilines is 1. The van der Waals surface area contributed by atoms with Crippen LogP contribution < -0.4 is 15.6 Å². The smallest absolute Gasteiger partial charge is 0.322 e. The van der Waals surface area contributed by atoms with Gasteiger partial charge in [-0.15, -0.1) is 0 Å². The molecule has 0 aliphatic heterocycles. The Kier molecular flexibility index (Phi) is 7.18. The van der Waals surface area contributed by atoms with E-state index >= 15 is 0 Å². The van der Waals surface area contributed by atoms with E-state index in [2.05, 4.69) is 31.2 Å². The molecule has 2 N–H and O–H groups in total. The molecule has 0 aliphatic carbocycles. The van der Waals surface area contributed by atoms with Crippen molar-refractivity contribution in [1.82, 2.24) is 14.5 Å². The summed E-state index contributed by atoms with van der Waals surface area (Å²) in [4.78, 5) is 32.2. The van der Waals surface area contributed by atoms with Gasteiger partial charge in [0.1, 0.15) is 46.7 Å². The van der Waals surface area contributed by atoms with Crippen LogP contribution in [0.5, 0.6) is 5.75 Å². The van der Waals surface area contributed by atoms with Crippen LogP contribution in [0.4, 0.5) is 14.6 Å². The third kappa shape index (κ3) is 5.47. The van der Waals surface area contributed by atoms with Crippen molar-refractivity contribution in [2.75, 3.05) is 11.9 Å². The lowest BCUT2D eigenvalue weighted by molar-refractivity contribution is -0.134. The van der Waals surface area contributed by atoms with Crippen LogP contribution >= 0.6 is 15.9 Å². The predicted octanol–water partition coefficient (Wildman–Crippen LogP) is 3.42. The molecule has 0 aliphatic rings. The number of carboxylic acid groups (broad SMARTS) is 1. The highest BCUT2D eigenvalue weighted by molar-refractivity contribution is 9.10. The first-order valence-electron chi connectivity index (χ1n) is 9.40. The lowest BCUT2D eigenvalue weighted by atomic mass is 10.2. The summed E-state index contributed by atoms with van der Waals surface area (Å²) in [7, 11) is 0. The fourth-order valence-corrected chi connectivity index (χ4v) is 3.35. The van der Waals surface area contributed by atoms with Crippen molar-refractivity contribution in [3.63, 3.8) is 0 Å². The van der Waals surface area contributed by atoms with Crippen molar-refractivity contribution in [3.8, 4) is 5.75 Å². The third-order valence-corrected chi connectivity index (χ3v) is 5.26. The number of ether oxygens (including phenoxy) is 1. The summed E-state index contributed by atoms with van der Waals surface area (Å²) in [6, 6.07) is 4.76. The average Bonchev–Trinajstić information content (AvgIpc) is 2.73. The summed E-state index contributed by atoms with van der Waals surface area (Å²) >= 11 is 3.23. The van der Waals surface area contributed by atoms with Crippen LogP contribution in [0.1, 0.15) is 22.6 Å². The van der Waals surface area contributed by atoms with Crippen LogP contribution in [0.2, 0.25) is 0 Å². The zero-order chi connectivity index (χ0) is 23.4. The maximum atomic E-state index is 13.8. The first-order valence-corrected chi connectivity index (χ1v) is 10.2. The van der Waals surface area contributed by atoms with Crippen molar-refractivity contribution < 1.29 is 23.4 Å². The van der Waals surface area contributed by atoms with Crippen LogP contribution in [0.3, 0.4) is 0 Å². The summed E-state index contributed by atoms with van der Waals surface area (Å²) in [5.74, 6) is -1.52. The second-order valence-corrected chi connectivity index (χ2v) is 7.71. The fraction of sp³-hybridized carbons (Fsp3) is 0.238. The molecule has 11 heteroatoms. The molecular weight excluding hydrogens is 490 g/mol. The number of pyridine rings is 1. The van der Waals surface area contributed by atoms with E-state index in [1.807, 2.05) is 0 Å². The molecule has 0 radical (unpaired) electrons. The van der Waals surface area contributed by atoms with Crippen molar-refractivity contribution in [2.45, 2.75) is 27.0 Å². The highest BCUT2D eigenvalue weighted by Gasteiger charge is 2.16. The molecule has 2 aromatic heterocycles. The lowest BCUT2D eigenvalue weighted by Gasteiger charge is -2.16. The highest BCUT2D eigenvalue weighted by Crippen LogP contribution is 2.25. The summed E-state index contributed by atoms with van der Waals surface area (Å²) in [5.41, 5.74) is 0.795. The number of hydrogen-bond acceptors (Lipinski definition) is 6. The van der Waals surface area contributed by atoms with Gasteiger partial charge >= 0.3 is 5.97 Å². The van der Waals surface area contributed by atoms with Gasteiger partial charge in [-0.05, 0) is 41.9 Å². The summed E-state index contributed by atoms with van der Waals surface area (Å²) in [5, 5.41) is 11.6. The maximum Gasteiger partial charge on any atom is 0.322 e. The molecule has 0 saturated carbocycles. The largest absolute Gasteiger partial charge is 0.487 e. The SMILES string of the molecule is Cc1ncc(Cn2c(C)cc(OCc3ccc(F)cc3F)c(Br)c2=O)c(NCC(=O)O)n1. The molecule has 1 aromatic carbocycles. The van der Waals surface area contributed by atoms with Gasteiger partial charge in [-0.1, -0.05) is 0 Å². The number of halogens is 3. The van der Waals surface area contributed by atoms with Gasteiger partial charge in [-0.3, -0.25) is 9.59 Å². The highest BCUT2D eigenvalue weighted by atomic mass is 79.9. The minimum absolute atomic E-state index is 0.0817. The van der Waals surface area contributed by atoms with E-state index in [4.69, 9.17) is 9.84 Å². The third-order valence-electron chi connectivity index (χ3n) is 4.53. The van der Waals surface area contributed by atoms with Gasteiger partial charge in [-0.25, -0.2) is 18.7 Å². The topological polar surface area (TPSA) is 106 Å². The Balaban J connectivity index is 1.86. The zero-order valence-electron chi connectivity index (χ0n) is 17.2. The van der Waals surface area contributed by atoms with Crippen LogP contribution in [-0.4, -0.2) is 32.2 Å². The van der Waals surface area contributed by atoms with E-state index in [9.17, 15) is 18.4 Å². The fourth-order valence-electron chi connectivity index (χ4n) is 2.90. The van der Waals surface area contributed by atoms with E-state index in [1.165, 1.54) is 16.8 Å². The Bertz CT molecular complexity index is 1230. The number of nitrogens with one attached hydrogen (secondary N) is 1. The molecule has 0 fully saturated rings. The standard InChI is InChI=1S/C21H19BrF2N4O4/c1-11-5-17(32-10-13-3-4-15(23)6-16(13)24)19(22)21(31)28(11)9-14-7-25-12(2)27-20(14)26-8-18(29)30/h3-7H,8-10H2,1-2H3,(H,29,30)(H,25,26,27). The average molecular weight is 509 g/mol. The van der Waals surface area contributed by atoms with E-state index in [0.717, 1.165) is 12.1 Å². The number of carbonyl (C=O) groups is 1. The number of hydrogen-bond donors (Lipinski definition) is 2. The molecular formula is C21H19BrF2N4O4. The Hall–Kier alpha value is -3.34. The van der Waals surface area contributed by atoms with Gasteiger partial charge in [0.2, 0.25) is 0 Å². The quantitative estimate of drug-likeness (QED) is 0.480. The van der Waals surface area contributed by atoms with Gasteiger partial charge in [0.25, 0.3) is 5.56 Å². The van der Waals surface area contributed by atoms with E-state index in [0.29, 0.717) is 22.9 Å². The molecule has 0 spiro atoms. The molecule has 3 aromatic rings. The zero-order valence-corrected chi connectivity index (χ0v) is 18.7. The van der Waals surface area contributed by atoms with Crippen molar-refractivity contribution in [2.24, 2.45) is 0 Å². The minimum atomic E-state index is -1.05. The van der Waals surface area contributed by atoms with Gasteiger partial charge in [-0.2, -0.15) is 0 Å². The molecule has 0 atom stereocenters. The number of nitrogens with zero attached hydrogens (tertiary/aromatic N) is 3. The Morgan fingerprint density at radius 1 is 1.25 bits per heavy atom. The van der Waals surface area contributed by atoms with Gasteiger partial charge in [0.15, 0.2) is 0 Å². The Morgan fingerprint density at radius 3 is 2.69 bits per heavy atom. The van der Waals surface area contributed by atoms with E-state index < -0.39 is 23.2 Å². The second-order valence-electron chi connectivity index (χ2n) is 6.92. The van der Waals surface area contributed by atoms with Gasteiger partial charge < -0.3 is 19.7 Å². The van der Waals surface area contributed by atoms with Crippen LogP contribution in [0.15, 0.2) is 39.7 Å². The van der Waals surface area contributed by atoms with Gasteiger partial charge in [0.05, 0.1) is 6.54 Å². The van der Waals surface area contributed by atoms with Gasteiger partial charge in [0, 0.05) is 35.2 Å². The number of benzene rings is 1. The van der Waals surface area contributed by atoms with Crippen molar-refractivity contribution >= 4 is 27.7 Å². The van der Waals surface area contributed by atoms with E-state index in [1.54, 1.807) is 19.9 Å². The summed E-state index contributed by atoms with van der Waals surface area (Å²) in [6.07, 6.45) is 1.52. The molecule has 8 nitrogen and oxygen atoms in total. The number of aromatic nitrogens is 3. The second kappa shape index (κ2) is 9.86. The minimum Gasteiger partial charge on any atom is -0.487 e. The predicted molar refractivity (Wildman–Crippen MR) is 116 cm³/mol. The molecule has 0 unspecified atom stereocenters. The molecule has 3 rings (SSSR count). The number of carboxylic acids is 1. The molecule has 168 valence electrons. The van der Waals surface area contributed by atoms with E-state index in [-0.39, 0.29) is 35.5 Å². The maximum absolute atomic E-state index is 13.8. The number of rotatable bonds is 8. The summed E-state index contributed by atoms with van der Waals surface area (Å²) in [6.45, 7) is 2.91. The first-order chi connectivity index (χ1) is 15.2. The molecule has 0 bridgehead atoms. The normalized spacial score (nSPS) is 10.8. The Labute approximate surface area is 190 Å². The van der Waals surface area contributed by atoms with Crippen LogP contribution in [0, 0.1) is 25.5 Å². The molecule has 32 heavy (non-hydrogen) atoms. The molecule has 2 heterocycles. The van der Waals surface area contributed by atoms with Crippen LogP contribution in [0.25, 0.3) is 0 Å². The molecule has 0 amide bonds. The van der Waals surface area contributed by atoms with Crippen LogP contribution in [-0.2, 0) is 17.9 Å². The lowest BCUT2D eigenvalue weighted by Crippen LogP contribution is -2.25. The molecule has 0 saturated heterocycles.